The number of likely N-dealkylation sites (N-methyl/N-ethyl adjacent to an activating group) is 1. The van der Waals surface area contributed by atoms with Crippen LogP contribution in [0.15, 0.2) is 60.7 Å². The van der Waals surface area contributed by atoms with Crippen LogP contribution in [0.4, 0.5) is 0 Å². The molecule has 0 N–H and O–H groups in total. The van der Waals surface area contributed by atoms with Crippen LogP contribution in [-0.2, 0) is 6.54 Å². The number of fused-ring (bicyclic) bond motifs is 1. The monoisotopic (exact) mass is 307 g/mol. The Morgan fingerprint density at radius 1 is 1.05 bits per heavy atom. The zero-order valence-corrected chi connectivity index (χ0v) is 13.9. The lowest BCUT2D eigenvalue weighted by Gasteiger charge is -2.12. The Bertz CT molecular complexity index is 735. The highest BCUT2D eigenvalue weighted by Gasteiger charge is 2.03. The van der Waals surface area contributed by atoms with Gasteiger partial charge < -0.3 is 0 Å². The first kappa shape index (κ1) is 15.0. The molecule has 0 aliphatic carbocycles. The van der Waals surface area contributed by atoms with Crippen LogP contribution in [0.25, 0.3) is 16.2 Å². The first-order valence-corrected chi connectivity index (χ1v) is 8.41. The minimum Gasteiger partial charge on any atom is -0.298 e. The molecule has 0 saturated carbocycles. The topological polar surface area (TPSA) is 3.24 Å². The first-order chi connectivity index (χ1) is 10.7. The third-order valence-electron chi connectivity index (χ3n) is 3.71. The van der Waals surface area contributed by atoms with E-state index in [1.807, 2.05) is 11.3 Å². The predicted octanol–water partition coefficient (Wildman–Crippen LogP) is 5.35. The van der Waals surface area contributed by atoms with Crippen LogP contribution in [0.3, 0.4) is 0 Å². The summed E-state index contributed by atoms with van der Waals surface area (Å²) in [5, 5.41) is 1.35. The van der Waals surface area contributed by atoms with Crippen molar-refractivity contribution in [2.45, 2.75) is 13.5 Å². The number of nitrogens with zero attached hydrogens (tertiary/aromatic N) is 1. The van der Waals surface area contributed by atoms with E-state index in [0.29, 0.717) is 0 Å². The van der Waals surface area contributed by atoms with Crippen LogP contribution in [0.2, 0.25) is 0 Å². The fourth-order valence-corrected chi connectivity index (χ4v) is 3.64. The summed E-state index contributed by atoms with van der Waals surface area (Å²) in [6, 6.07) is 19.5. The first-order valence-electron chi connectivity index (χ1n) is 7.60. The molecular weight excluding hydrogens is 286 g/mol. The maximum absolute atomic E-state index is 2.34. The standard InChI is InChI=1S/C20H21NS/c1-16-9-11-17(12-10-16)6-5-13-21(2)15-19-14-18-7-3-4-8-20(18)22-19/h3-12,14H,13,15H2,1-2H3/b6-5+. The molecule has 3 aromatic rings. The summed E-state index contributed by atoms with van der Waals surface area (Å²) in [7, 11) is 2.17. The summed E-state index contributed by atoms with van der Waals surface area (Å²) in [5.74, 6) is 0. The van der Waals surface area contributed by atoms with E-state index in [4.69, 9.17) is 0 Å². The number of hydrogen-bond acceptors (Lipinski definition) is 2. The van der Waals surface area contributed by atoms with Gasteiger partial charge in [-0.1, -0.05) is 60.2 Å². The van der Waals surface area contributed by atoms with E-state index in [2.05, 4.69) is 85.6 Å². The highest BCUT2D eigenvalue weighted by atomic mass is 32.1. The van der Waals surface area contributed by atoms with E-state index in [1.54, 1.807) is 0 Å². The third-order valence-corrected chi connectivity index (χ3v) is 4.81. The molecule has 0 saturated heterocycles. The number of benzene rings is 2. The van der Waals surface area contributed by atoms with Crippen LogP contribution in [0.1, 0.15) is 16.0 Å². The minimum absolute atomic E-state index is 0.960. The second kappa shape index (κ2) is 6.91. The maximum atomic E-state index is 2.34. The van der Waals surface area contributed by atoms with Gasteiger partial charge in [-0.3, -0.25) is 4.90 Å². The van der Waals surface area contributed by atoms with Crippen molar-refractivity contribution in [1.82, 2.24) is 4.90 Å². The zero-order valence-electron chi connectivity index (χ0n) is 13.1. The quantitative estimate of drug-likeness (QED) is 0.614. The maximum Gasteiger partial charge on any atom is 0.0346 e. The van der Waals surface area contributed by atoms with Gasteiger partial charge in [0.1, 0.15) is 0 Å². The second-order valence-corrected chi connectivity index (χ2v) is 6.93. The molecule has 1 aromatic heterocycles. The van der Waals surface area contributed by atoms with Gasteiger partial charge in [0.15, 0.2) is 0 Å². The van der Waals surface area contributed by atoms with Gasteiger partial charge in [0.25, 0.3) is 0 Å². The van der Waals surface area contributed by atoms with Crippen LogP contribution < -0.4 is 0 Å². The molecule has 1 heterocycles. The molecule has 0 spiro atoms. The lowest BCUT2D eigenvalue weighted by molar-refractivity contribution is 0.367. The van der Waals surface area contributed by atoms with Crippen molar-refractivity contribution in [2.75, 3.05) is 13.6 Å². The molecule has 0 amide bonds. The number of rotatable bonds is 5. The fourth-order valence-electron chi connectivity index (χ4n) is 2.49. The molecule has 0 atom stereocenters. The summed E-state index contributed by atoms with van der Waals surface area (Å²) in [6.07, 6.45) is 4.43. The van der Waals surface area contributed by atoms with Crippen molar-refractivity contribution in [3.63, 3.8) is 0 Å². The van der Waals surface area contributed by atoms with Crippen molar-refractivity contribution in [3.8, 4) is 0 Å². The molecule has 3 rings (SSSR count). The molecule has 0 bridgehead atoms. The molecule has 1 nitrogen and oxygen atoms in total. The van der Waals surface area contributed by atoms with Gasteiger partial charge in [-0.05, 0) is 37.1 Å². The van der Waals surface area contributed by atoms with Gasteiger partial charge in [-0.25, -0.2) is 0 Å². The smallest absolute Gasteiger partial charge is 0.0346 e. The Morgan fingerprint density at radius 2 is 1.82 bits per heavy atom. The normalized spacial score (nSPS) is 11.8. The van der Waals surface area contributed by atoms with E-state index in [0.717, 1.165) is 13.1 Å². The van der Waals surface area contributed by atoms with Crippen molar-refractivity contribution in [1.29, 1.82) is 0 Å². The third kappa shape index (κ3) is 3.85. The number of aryl methyl sites for hydroxylation is 1. The summed E-state index contributed by atoms with van der Waals surface area (Å²) < 4.78 is 1.38. The molecule has 0 unspecified atom stereocenters. The van der Waals surface area contributed by atoms with Crippen LogP contribution >= 0.6 is 11.3 Å². The summed E-state index contributed by atoms with van der Waals surface area (Å²) >= 11 is 1.89. The Balaban J connectivity index is 1.57. The van der Waals surface area contributed by atoms with E-state index in [9.17, 15) is 0 Å². The van der Waals surface area contributed by atoms with Crippen LogP contribution in [0, 0.1) is 6.92 Å². The molecule has 0 aliphatic heterocycles. The van der Waals surface area contributed by atoms with Crippen LogP contribution in [-0.4, -0.2) is 18.5 Å². The van der Waals surface area contributed by atoms with E-state index < -0.39 is 0 Å². The van der Waals surface area contributed by atoms with Gasteiger partial charge in [-0.15, -0.1) is 11.3 Å². The molecule has 0 fully saturated rings. The Labute approximate surface area is 136 Å². The Morgan fingerprint density at radius 3 is 2.59 bits per heavy atom. The van der Waals surface area contributed by atoms with Gasteiger partial charge in [-0.2, -0.15) is 0 Å². The van der Waals surface area contributed by atoms with Gasteiger partial charge in [0.2, 0.25) is 0 Å². The van der Waals surface area contributed by atoms with E-state index in [-0.39, 0.29) is 0 Å². The molecule has 22 heavy (non-hydrogen) atoms. The fraction of sp³-hybridized carbons (Fsp3) is 0.200. The summed E-state index contributed by atoms with van der Waals surface area (Å²) in [4.78, 5) is 3.77. The lowest BCUT2D eigenvalue weighted by atomic mass is 10.1. The van der Waals surface area contributed by atoms with Crippen molar-refractivity contribution >= 4 is 27.5 Å². The lowest BCUT2D eigenvalue weighted by Crippen LogP contribution is -2.16. The van der Waals surface area contributed by atoms with E-state index in [1.165, 1.54) is 26.1 Å². The number of thiophene rings is 1. The van der Waals surface area contributed by atoms with Gasteiger partial charge in [0, 0.05) is 22.7 Å². The average Bonchev–Trinajstić information content (AvgIpc) is 2.91. The second-order valence-electron chi connectivity index (χ2n) is 5.76. The largest absolute Gasteiger partial charge is 0.298 e. The minimum atomic E-state index is 0.960. The molecule has 2 heteroatoms. The zero-order chi connectivity index (χ0) is 15.4. The van der Waals surface area contributed by atoms with Crippen molar-refractivity contribution in [2.24, 2.45) is 0 Å². The Hall–Kier alpha value is -1.90. The molecule has 112 valence electrons. The highest BCUT2D eigenvalue weighted by molar-refractivity contribution is 7.19. The SMILES string of the molecule is Cc1ccc(/C=C/CN(C)Cc2cc3ccccc3s2)cc1. The molecule has 2 aromatic carbocycles. The molecule has 0 radical (unpaired) electrons. The molecular formula is C20H21NS. The summed E-state index contributed by atoms with van der Waals surface area (Å²) in [5.41, 5.74) is 2.57. The molecule has 0 aliphatic rings. The van der Waals surface area contributed by atoms with Gasteiger partial charge >= 0.3 is 0 Å². The number of hydrogen-bond donors (Lipinski definition) is 0. The highest BCUT2D eigenvalue weighted by Crippen LogP contribution is 2.25. The predicted molar refractivity (Wildman–Crippen MR) is 98.4 cm³/mol. The van der Waals surface area contributed by atoms with E-state index >= 15 is 0 Å². The van der Waals surface area contributed by atoms with Crippen LogP contribution in [0.5, 0.6) is 0 Å². The van der Waals surface area contributed by atoms with Gasteiger partial charge in [0.05, 0.1) is 0 Å². The Kier molecular flexibility index (Phi) is 4.71. The summed E-state index contributed by atoms with van der Waals surface area (Å²) in [6.45, 7) is 4.08. The average molecular weight is 307 g/mol. The van der Waals surface area contributed by atoms with Crippen molar-refractivity contribution in [3.05, 3.63) is 76.7 Å². The van der Waals surface area contributed by atoms with Crippen molar-refractivity contribution < 1.29 is 0 Å².